The minimum absolute atomic E-state index is 0.0172. The van der Waals surface area contributed by atoms with Crippen LogP contribution in [0.4, 0.5) is 0 Å². The van der Waals surface area contributed by atoms with E-state index >= 15 is 0 Å². The van der Waals surface area contributed by atoms with Gasteiger partial charge in [0.2, 0.25) is 5.91 Å². The zero-order valence-electron chi connectivity index (χ0n) is 15.1. The van der Waals surface area contributed by atoms with Gasteiger partial charge in [0.25, 0.3) is 5.91 Å². The van der Waals surface area contributed by atoms with Crippen LogP contribution in [0.1, 0.15) is 19.3 Å². The van der Waals surface area contributed by atoms with Gasteiger partial charge in [0.15, 0.2) is 5.58 Å². The van der Waals surface area contributed by atoms with Gasteiger partial charge in [0.1, 0.15) is 6.10 Å². The normalized spacial score (nSPS) is 20.4. The summed E-state index contributed by atoms with van der Waals surface area (Å²) in [7, 11) is 0. The number of ether oxygens (including phenoxy) is 1. The molecule has 0 spiro atoms. The molecule has 0 radical (unpaired) electrons. The molecule has 1 aromatic heterocycles. The molecule has 1 atom stereocenters. The van der Waals surface area contributed by atoms with E-state index in [2.05, 4.69) is 0 Å². The largest absolute Gasteiger partial charge is 0.419 e. The maximum absolute atomic E-state index is 12.5. The Labute approximate surface area is 156 Å². The lowest BCUT2D eigenvalue weighted by atomic mass is 10.2. The molecule has 1 unspecified atom stereocenters. The number of hydrogen-bond acceptors (Lipinski definition) is 5. The van der Waals surface area contributed by atoms with Crippen LogP contribution in [0.2, 0.25) is 0 Å². The Hall–Kier alpha value is -2.61. The Morgan fingerprint density at radius 1 is 1.07 bits per heavy atom. The number of aryl methyl sites for hydroxylation is 1. The number of aromatic nitrogens is 1. The lowest BCUT2D eigenvalue weighted by molar-refractivity contribution is -0.146. The van der Waals surface area contributed by atoms with Gasteiger partial charge < -0.3 is 19.0 Å². The second-order valence-corrected chi connectivity index (χ2v) is 6.95. The van der Waals surface area contributed by atoms with Gasteiger partial charge in [-0.15, -0.1) is 0 Å². The number of oxazole rings is 1. The average molecular weight is 373 g/mol. The summed E-state index contributed by atoms with van der Waals surface area (Å²) in [5, 5.41) is 0. The SMILES string of the molecule is O=C(CCn1c(=O)oc2ccccc21)N1CCN(C(=O)C2CCCO2)CC1. The van der Waals surface area contributed by atoms with Crippen molar-refractivity contribution in [2.24, 2.45) is 0 Å². The molecule has 0 aliphatic carbocycles. The summed E-state index contributed by atoms with van der Waals surface area (Å²) in [4.78, 5) is 40.4. The highest BCUT2D eigenvalue weighted by molar-refractivity contribution is 5.82. The van der Waals surface area contributed by atoms with Crippen molar-refractivity contribution in [2.75, 3.05) is 32.8 Å². The Bertz CT molecular complexity index is 888. The van der Waals surface area contributed by atoms with Crippen molar-refractivity contribution in [1.82, 2.24) is 14.4 Å². The predicted octanol–water partition coefficient (Wildman–Crippen LogP) is 0.834. The number of hydrogen-bond donors (Lipinski definition) is 0. The van der Waals surface area contributed by atoms with E-state index in [4.69, 9.17) is 9.15 Å². The Morgan fingerprint density at radius 3 is 2.56 bits per heavy atom. The van der Waals surface area contributed by atoms with Crippen LogP contribution in [0, 0.1) is 0 Å². The number of benzene rings is 1. The summed E-state index contributed by atoms with van der Waals surface area (Å²) >= 11 is 0. The van der Waals surface area contributed by atoms with Crippen molar-refractivity contribution in [1.29, 1.82) is 0 Å². The Morgan fingerprint density at radius 2 is 1.81 bits per heavy atom. The highest BCUT2D eigenvalue weighted by Crippen LogP contribution is 2.17. The van der Waals surface area contributed by atoms with E-state index in [0.29, 0.717) is 43.9 Å². The van der Waals surface area contributed by atoms with Gasteiger partial charge in [-0.1, -0.05) is 12.1 Å². The van der Waals surface area contributed by atoms with E-state index in [9.17, 15) is 14.4 Å². The molecule has 144 valence electrons. The first-order valence-electron chi connectivity index (χ1n) is 9.40. The molecule has 0 bridgehead atoms. The van der Waals surface area contributed by atoms with Crippen molar-refractivity contribution >= 4 is 22.9 Å². The van der Waals surface area contributed by atoms with Crippen LogP contribution in [0.15, 0.2) is 33.5 Å². The molecule has 2 aromatic rings. The van der Waals surface area contributed by atoms with Crippen molar-refractivity contribution in [3.05, 3.63) is 34.8 Å². The number of piperazine rings is 1. The molecule has 2 fully saturated rings. The molecule has 8 heteroatoms. The molecule has 2 amide bonds. The number of fused-ring (bicyclic) bond motifs is 1. The van der Waals surface area contributed by atoms with Crippen molar-refractivity contribution < 1.29 is 18.7 Å². The lowest BCUT2D eigenvalue weighted by Crippen LogP contribution is -2.52. The molecule has 27 heavy (non-hydrogen) atoms. The van der Waals surface area contributed by atoms with Crippen LogP contribution in [-0.2, 0) is 20.9 Å². The Kier molecular flexibility index (Phi) is 4.98. The molecule has 3 heterocycles. The third-order valence-corrected chi connectivity index (χ3v) is 5.27. The zero-order chi connectivity index (χ0) is 18.8. The van der Waals surface area contributed by atoms with Gasteiger partial charge in [-0.05, 0) is 25.0 Å². The van der Waals surface area contributed by atoms with Gasteiger partial charge >= 0.3 is 5.76 Å². The summed E-state index contributed by atoms with van der Waals surface area (Å²) in [6.45, 7) is 3.01. The summed E-state index contributed by atoms with van der Waals surface area (Å²) in [5.74, 6) is -0.427. The van der Waals surface area contributed by atoms with E-state index in [1.807, 2.05) is 6.07 Å². The number of amides is 2. The Balaban J connectivity index is 1.31. The van der Waals surface area contributed by atoms with Crippen LogP contribution in [0.5, 0.6) is 0 Å². The smallest absolute Gasteiger partial charge is 0.408 e. The van der Waals surface area contributed by atoms with Crippen LogP contribution >= 0.6 is 0 Å². The van der Waals surface area contributed by atoms with Crippen molar-refractivity contribution in [3.8, 4) is 0 Å². The molecule has 0 N–H and O–H groups in total. The van der Waals surface area contributed by atoms with Crippen LogP contribution in [0.3, 0.4) is 0 Å². The van der Waals surface area contributed by atoms with E-state index in [1.54, 1.807) is 28.0 Å². The molecule has 2 saturated heterocycles. The summed E-state index contributed by atoms with van der Waals surface area (Å²) in [6, 6.07) is 7.18. The molecule has 2 aliphatic rings. The second kappa shape index (κ2) is 7.56. The van der Waals surface area contributed by atoms with Crippen molar-refractivity contribution in [3.63, 3.8) is 0 Å². The van der Waals surface area contributed by atoms with Crippen LogP contribution in [-0.4, -0.2) is 65.1 Å². The molecule has 8 nitrogen and oxygen atoms in total. The number of carbonyl (C=O) groups is 2. The predicted molar refractivity (Wildman–Crippen MR) is 97.2 cm³/mol. The maximum atomic E-state index is 12.5. The monoisotopic (exact) mass is 373 g/mol. The molecule has 0 saturated carbocycles. The molecular formula is C19H23N3O5. The maximum Gasteiger partial charge on any atom is 0.419 e. The van der Waals surface area contributed by atoms with Gasteiger partial charge in [0.05, 0.1) is 5.52 Å². The number of para-hydroxylation sites is 2. The first-order valence-corrected chi connectivity index (χ1v) is 9.40. The quantitative estimate of drug-likeness (QED) is 0.793. The van der Waals surface area contributed by atoms with Gasteiger partial charge in [-0.3, -0.25) is 14.2 Å². The topological polar surface area (TPSA) is 85.0 Å². The number of rotatable bonds is 4. The van der Waals surface area contributed by atoms with Gasteiger partial charge in [-0.25, -0.2) is 4.79 Å². The van der Waals surface area contributed by atoms with Crippen LogP contribution < -0.4 is 5.76 Å². The highest BCUT2D eigenvalue weighted by Gasteiger charge is 2.31. The van der Waals surface area contributed by atoms with Crippen molar-refractivity contribution in [2.45, 2.75) is 31.9 Å². The van der Waals surface area contributed by atoms with E-state index in [0.717, 1.165) is 12.8 Å². The standard InChI is InChI=1S/C19H23N3O5/c23-17(7-8-22-14-4-1-2-5-15(14)27-19(22)25)20-9-11-21(12-10-20)18(24)16-6-3-13-26-16/h1-2,4-5,16H,3,6-13H2. The fourth-order valence-electron chi connectivity index (χ4n) is 3.74. The molecule has 1 aromatic carbocycles. The number of carbonyl (C=O) groups excluding carboxylic acids is 2. The van der Waals surface area contributed by atoms with E-state index in [1.165, 1.54) is 4.57 Å². The first-order chi connectivity index (χ1) is 13.1. The molecular weight excluding hydrogens is 350 g/mol. The average Bonchev–Trinajstić information content (AvgIpc) is 3.33. The molecule has 2 aliphatic heterocycles. The van der Waals surface area contributed by atoms with Gasteiger partial charge in [0, 0.05) is 45.8 Å². The highest BCUT2D eigenvalue weighted by atomic mass is 16.5. The fraction of sp³-hybridized carbons (Fsp3) is 0.526. The molecule has 4 rings (SSSR count). The third-order valence-electron chi connectivity index (χ3n) is 5.27. The summed E-state index contributed by atoms with van der Waals surface area (Å²) in [5.41, 5.74) is 1.22. The first kappa shape index (κ1) is 17.8. The zero-order valence-corrected chi connectivity index (χ0v) is 15.1. The third kappa shape index (κ3) is 3.62. The fourth-order valence-corrected chi connectivity index (χ4v) is 3.74. The van der Waals surface area contributed by atoms with Gasteiger partial charge in [-0.2, -0.15) is 0 Å². The van der Waals surface area contributed by atoms with E-state index in [-0.39, 0.29) is 30.9 Å². The second-order valence-electron chi connectivity index (χ2n) is 6.95. The lowest BCUT2D eigenvalue weighted by Gasteiger charge is -2.35. The van der Waals surface area contributed by atoms with E-state index < -0.39 is 5.76 Å². The minimum Gasteiger partial charge on any atom is -0.408 e. The van der Waals surface area contributed by atoms with Crippen LogP contribution in [0.25, 0.3) is 11.1 Å². The summed E-state index contributed by atoms with van der Waals surface area (Å²) in [6.07, 6.45) is 1.62. The number of nitrogens with zero attached hydrogens (tertiary/aromatic N) is 3. The minimum atomic E-state index is -0.448. The summed E-state index contributed by atoms with van der Waals surface area (Å²) < 4.78 is 12.1.